The van der Waals surface area contributed by atoms with E-state index in [-0.39, 0.29) is 27.7 Å². The van der Waals surface area contributed by atoms with Crippen LogP contribution in [0, 0.1) is 6.92 Å². The molecule has 0 spiro atoms. The van der Waals surface area contributed by atoms with E-state index in [4.69, 9.17) is 20.9 Å². The molecule has 31 heavy (non-hydrogen) atoms. The van der Waals surface area contributed by atoms with E-state index < -0.39 is 23.5 Å². The summed E-state index contributed by atoms with van der Waals surface area (Å²) in [5.74, 6) is -1.33. The van der Waals surface area contributed by atoms with E-state index in [0.29, 0.717) is 17.1 Å². The van der Waals surface area contributed by atoms with Gasteiger partial charge in [-0.15, -0.1) is 0 Å². The largest absolute Gasteiger partial charge is 0.508 e. The lowest BCUT2D eigenvalue weighted by atomic mass is 9.95. The van der Waals surface area contributed by atoms with Crippen LogP contribution in [0.3, 0.4) is 0 Å². The Morgan fingerprint density at radius 3 is 2.58 bits per heavy atom. The highest BCUT2D eigenvalue weighted by molar-refractivity contribution is 6.51. The molecule has 3 aromatic rings. The molecule has 2 aromatic carbocycles. The van der Waals surface area contributed by atoms with Crippen LogP contribution in [-0.4, -0.2) is 34.2 Å². The van der Waals surface area contributed by atoms with E-state index in [1.165, 1.54) is 43.5 Å². The number of aliphatic hydroxyl groups is 1. The molecule has 0 saturated carbocycles. The number of rotatable bonds is 4. The average molecular weight is 441 g/mol. The minimum Gasteiger partial charge on any atom is -0.508 e. The van der Waals surface area contributed by atoms with Crippen LogP contribution in [0.5, 0.6) is 11.5 Å². The topological polar surface area (TPSA) is 113 Å². The number of aryl methyl sites for hydroxylation is 1. The Bertz CT molecular complexity index is 1230. The van der Waals surface area contributed by atoms with Crippen molar-refractivity contribution >= 4 is 34.9 Å². The monoisotopic (exact) mass is 440 g/mol. The van der Waals surface area contributed by atoms with E-state index in [9.17, 15) is 19.8 Å². The maximum absolute atomic E-state index is 13.0. The number of benzene rings is 2. The molecule has 9 heteroatoms. The number of nitrogens with zero attached hydrogens (tertiary/aromatic N) is 2. The van der Waals surface area contributed by atoms with Crippen molar-refractivity contribution in [3.63, 3.8) is 0 Å². The zero-order valence-corrected chi connectivity index (χ0v) is 17.3. The van der Waals surface area contributed by atoms with Crippen molar-refractivity contribution in [1.82, 2.24) is 5.16 Å². The molecule has 8 nitrogen and oxygen atoms in total. The van der Waals surface area contributed by atoms with Gasteiger partial charge in [0.1, 0.15) is 23.0 Å². The van der Waals surface area contributed by atoms with Gasteiger partial charge in [-0.05, 0) is 42.8 Å². The first-order valence-corrected chi connectivity index (χ1v) is 9.56. The fourth-order valence-corrected chi connectivity index (χ4v) is 3.77. The second-order valence-corrected chi connectivity index (χ2v) is 7.32. The number of carbonyl (C=O) groups excluding carboxylic acids is 2. The number of phenolic OH excluding ortho intramolecular Hbond substituents is 1. The molecule has 1 fully saturated rings. The van der Waals surface area contributed by atoms with Crippen molar-refractivity contribution < 1.29 is 29.1 Å². The lowest BCUT2D eigenvalue weighted by Crippen LogP contribution is -2.29. The molecule has 1 unspecified atom stereocenters. The van der Waals surface area contributed by atoms with Crippen LogP contribution < -0.4 is 9.64 Å². The lowest BCUT2D eigenvalue weighted by Gasteiger charge is -2.23. The van der Waals surface area contributed by atoms with E-state index in [1.807, 2.05) is 0 Å². The predicted molar refractivity (Wildman–Crippen MR) is 112 cm³/mol. The summed E-state index contributed by atoms with van der Waals surface area (Å²) in [5, 5.41) is 25.1. The summed E-state index contributed by atoms with van der Waals surface area (Å²) < 4.78 is 10.2. The molecule has 0 bridgehead atoms. The SMILES string of the molecule is COc1ccc(/C(O)=C2\C(=O)C(=O)N(c3cc(C)on3)C2c2cccc(O)c2)cc1Cl. The molecular formula is C22H17ClN2O6. The van der Waals surface area contributed by atoms with E-state index in [0.717, 1.165) is 4.90 Å². The van der Waals surface area contributed by atoms with Crippen molar-refractivity contribution in [1.29, 1.82) is 0 Å². The predicted octanol–water partition coefficient (Wildman–Crippen LogP) is 3.98. The fraction of sp³-hybridized carbons (Fsp3) is 0.136. The number of aromatic hydroxyl groups is 1. The number of ketones is 1. The first-order chi connectivity index (χ1) is 14.8. The van der Waals surface area contributed by atoms with Gasteiger partial charge in [0.25, 0.3) is 5.78 Å². The highest BCUT2D eigenvalue weighted by Crippen LogP contribution is 2.43. The Kier molecular flexibility index (Phi) is 5.16. The van der Waals surface area contributed by atoms with Crippen LogP contribution in [0.25, 0.3) is 5.76 Å². The van der Waals surface area contributed by atoms with E-state index in [2.05, 4.69) is 5.16 Å². The van der Waals surface area contributed by atoms with Gasteiger partial charge in [-0.25, -0.2) is 0 Å². The number of methoxy groups -OCH3 is 1. The molecule has 2 heterocycles. The number of carbonyl (C=O) groups is 2. The van der Waals surface area contributed by atoms with Gasteiger partial charge in [-0.3, -0.25) is 14.5 Å². The second kappa shape index (κ2) is 7.81. The lowest BCUT2D eigenvalue weighted by molar-refractivity contribution is -0.132. The second-order valence-electron chi connectivity index (χ2n) is 6.91. The zero-order valence-electron chi connectivity index (χ0n) is 16.5. The van der Waals surface area contributed by atoms with Gasteiger partial charge in [0, 0.05) is 11.6 Å². The van der Waals surface area contributed by atoms with E-state index in [1.54, 1.807) is 19.1 Å². The first-order valence-electron chi connectivity index (χ1n) is 9.19. The average Bonchev–Trinajstić information content (AvgIpc) is 3.28. The number of anilines is 1. The van der Waals surface area contributed by atoms with Gasteiger partial charge in [0.2, 0.25) is 0 Å². The Labute approximate surface area is 181 Å². The van der Waals surface area contributed by atoms with Crippen molar-refractivity contribution in [2.45, 2.75) is 13.0 Å². The number of aromatic nitrogens is 1. The summed E-state index contributed by atoms with van der Waals surface area (Å²) in [6.45, 7) is 1.65. The van der Waals surface area contributed by atoms with Crippen molar-refractivity contribution in [2.75, 3.05) is 12.0 Å². The van der Waals surface area contributed by atoms with Crippen LogP contribution in [0.1, 0.15) is 22.9 Å². The Hall–Kier alpha value is -3.78. The molecule has 1 amide bonds. The number of phenols is 1. The van der Waals surface area contributed by atoms with Gasteiger partial charge in [-0.2, -0.15) is 0 Å². The van der Waals surface area contributed by atoms with Crippen molar-refractivity contribution in [3.05, 3.63) is 76.0 Å². The van der Waals surface area contributed by atoms with Crippen LogP contribution >= 0.6 is 11.6 Å². The summed E-state index contributed by atoms with van der Waals surface area (Å²) >= 11 is 6.17. The van der Waals surface area contributed by atoms with Gasteiger partial charge < -0.3 is 19.5 Å². The summed E-state index contributed by atoms with van der Waals surface area (Å²) in [6, 6.07) is 11.0. The normalized spacial score (nSPS) is 17.9. The fourth-order valence-electron chi connectivity index (χ4n) is 3.52. The van der Waals surface area contributed by atoms with Crippen LogP contribution in [0.2, 0.25) is 5.02 Å². The smallest absolute Gasteiger partial charge is 0.301 e. The Morgan fingerprint density at radius 2 is 1.97 bits per heavy atom. The third kappa shape index (κ3) is 3.51. The van der Waals surface area contributed by atoms with Crippen LogP contribution in [0.4, 0.5) is 5.82 Å². The van der Waals surface area contributed by atoms with Crippen LogP contribution in [-0.2, 0) is 9.59 Å². The van der Waals surface area contributed by atoms with Crippen LogP contribution in [0.15, 0.2) is 58.6 Å². The maximum Gasteiger partial charge on any atom is 0.301 e. The summed E-state index contributed by atoms with van der Waals surface area (Å²) in [6.07, 6.45) is 0. The van der Waals surface area contributed by atoms with Crippen molar-refractivity contribution in [2.24, 2.45) is 0 Å². The number of hydrogen-bond acceptors (Lipinski definition) is 7. The maximum atomic E-state index is 13.0. The summed E-state index contributed by atoms with van der Waals surface area (Å²) in [5.41, 5.74) is 0.462. The minimum absolute atomic E-state index is 0.0630. The number of hydrogen-bond donors (Lipinski definition) is 2. The molecule has 0 aliphatic carbocycles. The number of halogens is 1. The molecule has 1 atom stereocenters. The van der Waals surface area contributed by atoms with Gasteiger partial charge in [-0.1, -0.05) is 28.9 Å². The molecule has 1 saturated heterocycles. The molecule has 1 aliphatic heterocycles. The number of amides is 1. The molecule has 158 valence electrons. The Balaban J connectivity index is 1.94. The molecule has 1 aromatic heterocycles. The third-order valence-corrected chi connectivity index (χ3v) is 5.21. The molecular weight excluding hydrogens is 424 g/mol. The quantitative estimate of drug-likeness (QED) is 0.358. The standard InChI is InChI=1S/C22H17ClN2O6/c1-11-8-17(24-31-11)25-19(12-4-3-5-14(26)9-12)18(21(28)22(25)29)20(27)13-6-7-16(30-2)15(23)10-13/h3-10,19,26-27H,1-2H3/b20-18+. The summed E-state index contributed by atoms with van der Waals surface area (Å²) in [4.78, 5) is 27.1. The first kappa shape index (κ1) is 20.5. The highest BCUT2D eigenvalue weighted by Gasteiger charge is 2.48. The van der Waals surface area contributed by atoms with E-state index >= 15 is 0 Å². The van der Waals surface area contributed by atoms with Crippen molar-refractivity contribution in [3.8, 4) is 11.5 Å². The number of Topliss-reactive ketones (excluding diaryl/α,β-unsaturated/α-hetero) is 1. The van der Waals surface area contributed by atoms with Gasteiger partial charge >= 0.3 is 5.91 Å². The van der Waals surface area contributed by atoms with Gasteiger partial charge in [0.05, 0.1) is 23.7 Å². The number of ether oxygens (including phenoxy) is 1. The number of aliphatic hydroxyl groups excluding tert-OH is 1. The molecule has 1 aliphatic rings. The van der Waals surface area contributed by atoms with Gasteiger partial charge in [0.15, 0.2) is 5.82 Å². The highest BCUT2D eigenvalue weighted by atomic mass is 35.5. The molecule has 0 radical (unpaired) electrons. The Morgan fingerprint density at radius 1 is 1.19 bits per heavy atom. The zero-order chi connectivity index (χ0) is 22.3. The minimum atomic E-state index is -1.04. The molecule has 4 rings (SSSR count). The summed E-state index contributed by atoms with van der Waals surface area (Å²) in [7, 11) is 1.45. The third-order valence-electron chi connectivity index (χ3n) is 4.92. The molecule has 2 N–H and O–H groups in total.